The van der Waals surface area contributed by atoms with E-state index < -0.39 is 0 Å². The van der Waals surface area contributed by atoms with Gasteiger partial charge in [-0.2, -0.15) is 5.26 Å². The predicted molar refractivity (Wildman–Crippen MR) is 84.6 cm³/mol. The Hall–Kier alpha value is -2.94. The van der Waals surface area contributed by atoms with Gasteiger partial charge in [0, 0.05) is 12.7 Å². The highest BCUT2D eigenvalue weighted by Crippen LogP contribution is 2.19. The van der Waals surface area contributed by atoms with Gasteiger partial charge in [0.15, 0.2) is 5.82 Å². The van der Waals surface area contributed by atoms with Crippen LogP contribution in [0.2, 0.25) is 0 Å². The molecule has 6 heteroatoms. The van der Waals surface area contributed by atoms with Gasteiger partial charge in [0.2, 0.25) is 0 Å². The number of hydrogen-bond donors (Lipinski definition) is 0. The fraction of sp³-hybridized carbons (Fsp3) is 0.235. The molecule has 0 saturated heterocycles. The second-order valence-electron chi connectivity index (χ2n) is 5.30. The van der Waals surface area contributed by atoms with Crippen LogP contribution < -0.4 is 5.56 Å². The van der Waals surface area contributed by atoms with E-state index in [1.165, 1.54) is 10.6 Å². The van der Waals surface area contributed by atoms with E-state index in [9.17, 15) is 9.18 Å². The van der Waals surface area contributed by atoms with E-state index in [4.69, 9.17) is 5.26 Å². The first-order valence-electron chi connectivity index (χ1n) is 7.30. The van der Waals surface area contributed by atoms with Gasteiger partial charge in [-0.1, -0.05) is 6.07 Å². The summed E-state index contributed by atoms with van der Waals surface area (Å²) in [7, 11) is 0. The molecule has 3 rings (SSSR count). The Kier molecular flexibility index (Phi) is 3.70. The first-order valence-corrected chi connectivity index (χ1v) is 7.30. The van der Waals surface area contributed by atoms with Gasteiger partial charge < -0.3 is 9.13 Å². The summed E-state index contributed by atoms with van der Waals surface area (Å²) in [5, 5.41) is 9.11. The van der Waals surface area contributed by atoms with E-state index in [1.807, 2.05) is 17.6 Å². The van der Waals surface area contributed by atoms with Crippen molar-refractivity contribution >= 4 is 11.0 Å². The van der Waals surface area contributed by atoms with Crippen LogP contribution in [0, 0.1) is 24.1 Å². The number of benzene rings is 1. The zero-order valence-corrected chi connectivity index (χ0v) is 12.9. The number of nitriles is 1. The van der Waals surface area contributed by atoms with Crippen molar-refractivity contribution in [3.05, 3.63) is 63.6 Å². The zero-order valence-electron chi connectivity index (χ0n) is 12.9. The van der Waals surface area contributed by atoms with Crippen molar-refractivity contribution in [3.63, 3.8) is 0 Å². The lowest BCUT2D eigenvalue weighted by atomic mass is 10.2. The molecule has 0 aliphatic rings. The number of para-hydroxylation sites is 1. The molecule has 5 nitrogen and oxygen atoms in total. The van der Waals surface area contributed by atoms with E-state index in [2.05, 4.69) is 4.98 Å². The molecule has 3 aromatic rings. The Balaban J connectivity index is 2.15. The molecule has 0 spiro atoms. The summed E-state index contributed by atoms with van der Waals surface area (Å²) < 4.78 is 17.2. The third-order valence-corrected chi connectivity index (χ3v) is 3.92. The minimum Gasteiger partial charge on any atom is -0.327 e. The summed E-state index contributed by atoms with van der Waals surface area (Å²) in [6.07, 6.45) is 1.63. The fourth-order valence-corrected chi connectivity index (χ4v) is 2.71. The lowest BCUT2D eigenvalue weighted by Crippen LogP contribution is -2.24. The summed E-state index contributed by atoms with van der Waals surface area (Å²) in [4.78, 5) is 16.7. The number of aromatic nitrogens is 3. The zero-order chi connectivity index (χ0) is 16.6. The summed E-state index contributed by atoms with van der Waals surface area (Å²) in [6.45, 7) is 4.46. The number of nitrogens with zero attached hydrogens (tertiary/aromatic N) is 4. The molecule has 2 aromatic heterocycles. The Labute approximate surface area is 132 Å². The topological polar surface area (TPSA) is 63.6 Å². The number of halogens is 1. The highest BCUT2D eigenvalue weighted by atomic mass is 19.1. The van der Waals surface area contributed by atoms with Gasteiger partial charge in [0.1, 0.15) is 23.0 Å². The molecule has 0 N–H and O–H groups in total. The van der Waals surface area contributed by atoms with Crippen molar-refractivity contribution in [2.45, 2.75) is 26.9 Å². The lowest BCUT2D eigenvalue weighted by Gasteiger charge is -2.09. The second kappa shape index (κ2) is 5.69. The third-order valence-electron chi connectivity index (χ3n) is 3.92. The monoisotopic (exact) mass is 310 g/mol. The summed E-state index contributed by atoms with van der Waals surface area (Å²) in [5.41, 5.74) is 1.40. The maximum atomic E-state index is 13.9. The Bertz CT molecular complexity index is 994. The minimum atomic E-state index is -0.384. The maximum absolute atomic E-state index is 13.9. The molecule has 23 heavy (non-hydrogen) atoms. The van der Waals surface area contributed by atoms with Crippen molar-refractivity contribution in [2.24, 2.45) is 0 Å². The first kappa shape index (κ1) is 15.0. The van der Waals surface area contributed by atoms with Gasteiger partial charge in [0.05, 0.1) is 12.1 Å². The van der Waals surface area contributed by atoms with Crippen molar-refractivity contribution in [3.8, 4) is 6.07 Å². The number of rotatable bonds is 3. The SMILES string of the molecule is CCn1c(Cn2ccc(C)c(C#N)c2=O)nc2c(F)cccc21. The number of pyridine rings is 1. The van der Waals surface area contributed by atoms with E-state index in [0.29, 0.717) is 29.0 Å². The molecule has 0 fully saturated rings. The normalized spacial score (nSPS) is 10.9. The molecule has 0 saturated carbocycles. The molecule has 0 atom stereocenters. The highest BCUT2D eigenvalue weighted by Gasteiger charge is 2.14. The van der Waals surface area contributed by atoms with Crippen molar-refractivity contribution in [2.75, 3.05) is 0 Å². The first-order chi connectivity index (χ1) is 11.1. The predicted octanol–water partition coefficient (Wildman–Crippen LogP) is 2.59. The molecule has 0 aliphatic heterocycles. The molecule has 0 unspecified atom stereocenters. The van der Waals surface area contributed by atoms with Crippen LogP contribution in [0.1, 0.15) is 23.9 Å². The van der Waals surface area contributed by atoms with Gasteiger partial charge in [-0.25, -0.2) is 9.37 Å². The number of fused-ring (bicyclic) bond motifs is 1. The average Bonchev–Trinajstić information content (AvgIpc) is 2.89. The van der Waals surface area contributed by atoms with Gasteiger partial charge >= 0.3 is 0 Å². The van der Waals surface area contributed by atoms with Gasteiger partial charge in [-0.05, 0) is 37.6 Å². The van der Waals surface area contributed by atoms with Crippen molar-refractivity contribution in [1.82, 2.24) is 14.1 Å². The molecule has 1 aromatic carbocycles. The summed E-state index contributed by atoms with van der Waals surface area (Å²) in [6, 6.07) is 8.46. The minimum absolute atomic E-state index is 0.123. The van der Waals surface area contributed by atoms with Crippen LogP contribution in [0.4, 0.5) is 4.39 Å². The maximum Gasteiger partial charge on any atom is 0.269 e. The Morgan fingerprint density at radius 2 is 2.13 bits per heavy atom. The summed E-state index contributed by atoms with van der Waals surface area (Å²) >= 11 is 0. The second-order valence-corrected chi connectivity index (χ2v) is 5.30. The van der Waals surface area contributed by atoms with Crippen LogP contribution in [-0.4, -0.2) is 14.1 Å². The molecule has 0 radical (unpaired) electrons. The molecule has 2 heterocycles. The molecule has 0 aliphatic carbocycles. The van der Waals surface area contributed by atoms with E-state index in [-0.39, 0.29) is 23.5 Å². The van der Waals surface area contributed by atoms with Gasteiger partial charge in [0.25, 0.3) is 5.56 Å². The van der Waals surface area contributed by atoms with Gasteiger partial charge in [-0.15, -0.1) is 0 Å². The van der Waals surface area contributed by atoms with Crippen LogP contribution >= 0.6 is 0 Å². The van der Waals surface area contributed by atoms with E-state index >= 15 is 0 Å². The average molecular weight is 310 g/mol. The molecular formula is C17H15FN4O. The Morgan fingerprint density at radius 1 is 1.35 bits per heavy atom. The standard InChI is InChI=1S/C17H15FN4O/c1-3-22-14-6-4-5-13(18)16(14)20-15(22)10-21-8-7-11(2)12(9-19)17(21)23/h4-8H,3,10H2,1-2H3. The number of aryl methyl sites for hydroxylation is 2. The third kappa shape index (κ3) is 2.40. The summed E-state index contributed by atoms with van der Waals surface area (Å²) in [5.74, 6) is 0.201. The smallest absolute Gasteiger partial charge is 0.269 e. The van der Waals surface area contributed by atoms with Crippen molar-refractivity contribution < 1.29 is 4.39 Å². The van der Waals surface area contributed by atoms with Gasteiger partial charge in [-0.3, -0.25) is 4.79 Å². The fourth-order valence-electron chi connectivity index (χ4n) is 2.71. The van der Waals surface area contributed by atoms with Crippen LogP contribution in [-0.2, 0) is 13.1 Å². The molecule has 0 amide bonds. The van der Waals surface area contributed by atoms with E-state index in [0.717, 1.165) is 0 Å². The molecular weight excluding hydrogens is 295 g/mol. The Morgan fingerprint density at radius 3 is 2.83 bits per heavy atom. The lowest BCUT2D eigenvalue weighted by molar-refractivity contribution is 0.635. The van der Waals surface area contributed by atoms with E-state index in [1.54, 1.807) is 31.3 Å². The van der Waals surface area contributed by atoms with Crippen molar-refractivity contribution in [1.29, 1.82) is 5.26 Å². The van der Waals surface area contributed by atoms with Crippen LogP contribution in [0.5, 0.6) is 0 Å². The largest absolute Gasteiger partial charge is 0.327 e. The highest BCUT2D eigenvalue weighted by molar-refractivity contribution is 5.76. The molecule has 116 valence electrons. The van der Waals surface area contributed by atoms with Crippen LogP contribution in [0.3, 0.4) is 0 Å². The van der Waals surface area contributed by atoms with Crippen LogP contribution in [0.25, 0.3) is 11.0 Å². The number of imidazole rings is 1. The quantitative estimate of drug-likeness (QED) is 0.747. The molecule has 0 bridgehead atoms. The van der Waals surface area contributed by atoms with Crippen LogP contribution in [0.15, 0.2) is 35.3 Å². The number of hydrogen-bond acceptors (Lipinski definition) is 3.